The standard InChI is InChI=1S/C34H36FN7O4/c1-5-29(44)42-14-12-23(16-24(42)17-43)41-18-34(35,19-41)13-11-25-30(31-32(36)37-20-38-33(31)40(25)3)22-9-10-26(27(15-22)45-4)46-28-8-6-7-21(2)39-28/h5-10,15,20,23-24,43H,1,12,14,16-19H2,2-4H3,(H2,36,37,38). The van der Waals surface area contributed by atoms with Crippen LogP contribution in [0.1, 0.15) is 24.2 Å². The Hall–Kier alpha value is -4.99. The maximum absolute atomic E-state index is 16.0. The molecule has 2 saturated heterocycles. The quantitative estimate of drug-likeness (QED) is 0.233. The second-order valence-corrected chi connectivity index (χ2v) is 11.7. The molecule has 1 aromatic carbocycles. The number of pyridine rings is 1. The molecule has 46 heavy (non-hydrogen) atoms. The summed E-state index contributed by atoms with van der Waals surface area (Å²) in [6, 6.07) is 10.7. The fraction of sp³-hybridized carbons (Fsp3) is 0.353. The minimum atomic E-state index is -1.73. The second kappa shape index (κ2) is 12.4. The van der Waals surface area contributed by atoms with Gasteiger partial charge in [-0.2, -0.15) is 0 Å². The lowest BCUT2D eigenvalue weighted by Crippen LogP contribution is -2.64. The lowest BCUT2D eigenvalue weighted by atomic mass is 9.88. The molecule has 238 valence electrons. The van der Waals surface area contributed by atoms with Crippen LogP contribution in [-0.4, -0.2) is 91.4 Å². The summed E-state index contributed by atoms with van der Waals surface area (Å²) in [7, 11) is 3.36. The summed E-state index contributed by atoms with van der Waals surface area (Å²) in [6.45, 7) is 6.03. The van der Waals surface area contributed by atoms with Crippen molar-refractivity contribution in [2.75, 3.05) is 39.1 Å². The van der Waals surface area contributed by atoms with Crippen LogP contribution in [0.5, 0.6) is 17.4 Å². The molecule has 2 unspecified atom stereocenters. The Bertz CT molecular complexity index is 1870. The predicted octanol–water partition coefficient (Wildman–Crippen LogP) is 3.64. The molecular weight excluding hydrogens is 589 g/mol. The van der Waals surface area contributed by atoms with Gasteiger partial charge in [-0.3, -0.25) is 9.69 Å². The molecule has 0 saturated carbocycles. The Morgan fingerprint density at radius 2 is 2.07 bits per heavy atom. The Morgan fingerprint density at radius 3 is 2.78 bits per heavy atom. The lowest BCUT2D eigenvalue weighted by Gasteiger charge is -2.50. The highest BCUT2D eigenvalue weighted by molar-refractivity contribution is 6.03. The number of hydrogen-bond donors (Lipinski definition) is 2. The van der Waals surface area contributed by atoms with Gasteiger partial charge in [0.25, 0.3) is 0 Å². The first-order valence-electron chi connectivity index (χ1n) is 15.0. The van der Waals surface area contributed by atoms with Gasteiger partial charge in [0.2, 0.25) is 11.8 Å². The average Bonchev–Trinajstić information content (AvgIpc) is 3.34. The van der Waals surface area contributed by atoms with Gasteiger partial charge in [-0.1, -0.05) is 24.6 Å². The van der Waals surface area contributed by atoms with E-state index in [0.717, 1.165) is 11.3 Å². The van der Waals surface area contributed by atoms with E-state index >= 15 is 4.39 Å². The second-order valence-electron chi connectivity index (χ2n) is 11.7. The highest BCUT2D eigenvalue weighted by Gasteiger charge is 2.47. The summed E-state index contributed by atoms with van der Waals surface area (Å²) in [5, 5.41) is 10.5. The molecule has 6 rings (SSSR count). The number of nitrogens with zero attached hydrogens (tertiary/aromatic N) is 6. The number of aliphatic hydroxyl groups excluding tert-OH is 1. The van der Waals surface area contributed by atoms with Crippen LogP contribution in [0.3, 0.4) is 0 Å². The van der Waals surface area contributed by atoms with Gasteiger partial charge in [0.1, 0.15) is 23.5 Å². The Balaban J connectivity index is 1.29. The van der Waals surface area contributed by atoms with Crippen LogP contribution < -0.4 is 15.2 Å². The number of benzene rings is 1. The number of piperidine rings is 1. The van der Waals surface area contributed by atoms with Crippen LogP contribution in [-0.2, 0) is 11.8 Å². The molecule has 2 fully saturated rings. The summed E-state index contributed by atoms with van der Waals surface area (Å²) in [4.78, 5) is 28.9. The number of carbonyl (C=O) groups excluding carboxylic acids is 1. The van der Waals surface area contributed by atoms with Gasteiger partial charge < -0.3 is 29.8 Å². The van der Waals surface area contributed by atoms with E-state index in [-0.39, 0.29) is 43.5 Å². The number of fused-ring (bicyclic) bond motifs is 1. The zero-order valence-electron chi connectivity index (χ0n) is 26.0. The van der Waals surface area contributed by atoms with E-state index in [2.05, 4.69) is 33.4 Å². The van der Waals surface area contributed by atoms with Gasteiger partial charge in [-0.05, 0) is 55.5 Å². The van der Waals surface area contributed by atoms with Crippen LogP contribution in [0, 0.1) is 18.8 Å². The van der Waals surface area contributed by atoms with Crippen LogP contribution in [0.4, 0.5) is 10.2 Å². The van der Waals surface area contributed by atoms with Gasteiger partial charge in [0.05, 0.1) is 25.1 Å². The SMILES string of the molecule is C=CC(=O)N1CCC(N2CC(F)(C#Cc3c(-c4ccc(Oc5cccc(C)n5)c(OC)c4)c4c(N)ncnc4n3C)C2)CC1CO. The molecule has 1 amide bonds. The Kier molecular flexibility index (Phi) is 8.37. The minimum Gasteiger partial charge on any atom is -0.493 e. The maximum Gasteiger partial charge on any atom is 0.246 e. The van der Waals surface area contributed by atoms with Gasteiger partial charge in [0.15, 0.2) is 17.2 Å². The molecule has 2 atom stereocenters. The van der Waals surface area contributed by atoms with E-state index in [1.54, 1.807) is 28.7 Å². The number of likely N-dealkylation sites (tertiary alicyclic amines) is 2. The first kappa shape index (κ1) is 31.0. The van der Waals surface area contributed by atoms with E-state index in [1.807, 2.05) is 43.1 Å². The third-order valence-electron chi connectivity index (χ3n) is 8.71. The number of hydrogen-bond acceptors (Lipinski definition) is 9. The third-order valence-corrected chi connectivity index (χ3v) is 8.71. The number of amides is 1. The highest BCUT2D eigenvalue weighted by atomic mass is 19.1. The number of anilines is 1. The van der Waals surface area contributed by atoms with Crippen molar-refractivity contribution >= 4 is 22.8 Å². The molecule has 0 bridgehead atoms. The topological polar surface area (TPSA) is 132 Å². The minimum absolute atomic E-state index is 0.0446. The van der Waals surface area contributed by atoms with Gasteiger partial charge in [-0.15, -0.1) is 0 Å². The van der Waals surface area contributed by atoms with Gasteiger partial charge in [-0.25, -0.2) is 19.3 Å². The van der Waals surface area contributed by atoms with Crippen LogP contribution in [0.25, 0.3) is 22.2 Å². The fourth-order valence-electron chi connectivity index (χ4n) is 6.35. The Morgan fingerprint density at radius 1 is 1.26 bits per heavy atom. The summed E-state index contributed by atoms with van der Waals surface area (Å²) < 4.78 is 29.5. The molecule has 11 nitrogen and oxygen atoms in total. The summed E-state index contributed by atoms with van der Waals surface area (Å²) in [6.07, 6.45) is 3.90. The van der Waals surface area contributed by atoms with E-state index in [1.165, 1.54) is 12.4 Å². The lowest BCUT2D eigenvalue weighted by molar-refractivity contribution is -0.133. The number of aromatic nitrogens is 4. The van der Waals surface area contributed by atoms with E-state index < -0.39 is 5.67 Å². The Labute approximate surface area is 266 Å². The first-order valence-corrected chi connectivity index (χ1v) is 15.0. The molecule has 3 N–H and O–H groups in total. The van der Waals surface area contributed by atoms with Crippen molar-refractivity contribution in [2.45, 2.75) is 37.5 Å². The van der Waals surface area contributed by atoms with Crippen LogP contribution in [0.2, 0.25) is 0 Å². The number of aryl methyl sites for hydroxylation is 2. The van der Waals surface area contributed by atoms with Crippen molar-refractivity contribution in [3.8, 4) is 40.3 Å². The fourth-order valence-corrected chi connectivity index (χ4v) is 6.35. The van der Waals surface area contributed by atoms with Crippen molar-refractivity contribution < 1.29 is 23.8 Å². The summed E-state index contributed by atoms with van der Waals surface area (Å²) in [5.41, 5.74) is 7.93. The zero-order valence-corrected chi connectivity index (χ0v) is 26.0. The van der Waals surface area contributed by atoms with Crippen LogP contribution >= 0.6 is 0 Å². The predicted molar refractivity (Wildman–Crippen MR) is 172 cm³/mol. The first-order chi connectivity index (χ1) is 22.1. The average molecular weight is 626 g/mol. The zero-order chi connectivity index (χ0) is 32.6. The number of carbonyl (C=O) groups is 1. The van der Waals surface area contributed by atoms with Crippen molar-refractivity contribution in [2.24, 2.45) is 7.05 Å². The number of halogens is 1. The summed E-state index contributed by atoms with van der Waals surface area (Å²) in [5.74, 6) is 7.45. The molecule has 5 heterocycles. The number of nitrogens with two attached hydrogens (primary N) is 1. The molecule has 4 aromatic rings. The third kappa shape index (κ3) is 5.75. The molecule has 12 heteroatoms. The van der Waals surface area contributed by atoms with Gasteiger partial charge in [0, 0.05) is 50.0 Å². The molecular formula is C34H36FN7O4. The number of alkyl halides is 1. The smallest absolute Gasteiger partial charge is 0.246 e. The maximum atomic E-state index is 16.0. The monoisotopic (exact) mass is 625 g/mol. The molecule has 2 aliphatic rings. The number of aliphatic hydroxyl groups is 1. The molecule has 2 aliphatic heterocycles. The molecule has 3 aromatic heterocycles. The normalized spacial score (nSPS) is 19.2. The number of ether oxygens (including phenoxy) is 2. The number of rotatable bonds is 7. The van der Waals surface area contributed by atoms with Crippen molar-refractivity contribution in [3.63, 3.8) is 0 Å². The van der Waals surface area contributed by atoms with Crippen molar-refractivity contribution in [1.29, 1.82) is 0 Å². The van der Waals surface area contributed by atoms with Crippen molar-refractivity contribution in [1.82, 2.24) is 29.3 Å². The van der Waals surface area contributed by atoms with E-state index in [4.69, 9.17) is 15.2 Å². The van der Waals surface area contributed by atoms with Crippen molar-refractivity contribution in [3.05, 3.63) is 66.8 Å². The number of methoxy groups -OCH3 is 1. The molecule has 0 spiro atoms. The van der Waals surface area contributed by atoms with Crippen LogP contribution in [0.15, 0.2) is 55.4 Å². The molecule has 0 aliphatic carbocycles. The summed E-state index contributed by atoms with van der Waals surface area (Å²) >= 11 is 0. The largest absolute Gasteiger partial charge is 0.493 e. The highest BCUT2D eigenvalue weighted by Crippen LogP contribution is 2.41. The van der Waals surface area contributed by atoms with E-state index in [9.17, 15) is 9.90 Å². The van der Waals surface area contributed by atoms with Gasteiger partial charge >= 0.3 is 0 Å². The van der Waals surface area contributed by atoms with E-state index in [0.29, 0.717) is 59.1 Å². The number of nitrogen functional groups attached to an aromatic ring is 1. The molecule has 0 radical (unpaired) electrons.